The van der Waals surface area contributed by atoms with E-state index in [9.17, 15) is 19.2 Å². The Morgan fingerprint density at radius 2 is 1.06 bits per heavy atom. The molecule has 15 nitrogen and oxygen atoms in total. The summed E-state index contributed by atoms with van der Waals surface area (Å²) < 4.78 is 5.13. The molecular formula is C47H41Cl2N9O6. The van der Waals surface area contributed by atoms with E-state index in [2.05, 4.69) is 46.5 Å². The summed E-state index contributed by atoms with van der Waals surface area (Å²) in [4.78, 5) is 65.7. The van der Waals surface area contributed by atoms with Crippen molar-refractivity contribution in [1.29, 1.82) is 0 Å². The number of ether oxygens (including phenoxy) is 1. The smallest absolute Gasteiger partial charge is 0.335 e. The summed E-state index contributed by atoms with van der Waals surface area (Å²) in [7, 11) is 1.59. The number of carboxylic acids is 1. The Morgan fingerprint density at radius 3 is 1.50 bits per heavy atom. The predicted octanol–water partition coefficient (Wildman–Crippen LogP) is 10.3. The lowest BCUT2D eigenvalue weighted by atomic mass is 10.1. The molecule has 9 rings (SSSR count). The standard InChI is InChI=1S/C26H20ClN5O3.C19H13ClN4O3.2CH4/c1-35-20-9-7-18(8-10-20)29-25(34)15-2-5-19(6-3-15)30-26-28-14-16-12-23(33)31-22-13-17(27)4-11-21(22)24(16)32-26;20-12-3-6-14-15(8-12)23-16(25)7-11-9-21-19(24-17(11)14)22-13-4-1-10(2-5-13)18(26)27;;/h2-11,13-14H,12H2,1H3,(H,29,34)(H,31,33)(H,28,30,32);1-6,8-9H,7H2,(H,23,25)(H,26,27)(H,21,22,24);2*1H4. The second-order valence-corrected chi connectivity index (χ2v) is 14.7. The second kappa shape index (κ2) is 19.9. The molecule has 7 aromatic rings. The Balaban J connectivity index is 0.000000212. The summed E-state index contributed by atoms with van der Waals surface area (Å²) in [6.07, 6.45) is 3.58. The maximum absolute atomic E-state index is 12.6. The number of nitrogens with zero attached hydrogens (tertiary/aromatic N) is 4. The molecule has 2 aromatic heterocycles. The minimum absolute atomic E-state index is 0. The molecule has 324 valence electrons. The van der Waals surface area contributed by atoms with Gasteiger partial charge >= 0.3 is 5.97 Å². The molecular weight excluding hydrogens is 857 g/mol. The molecule has 6 N–H and O–H groups in total. The van der Waals surface area contributed by atoms with E-state index in [0.29, 0.717) is 78.6 Å². The van der Waals surface area contributed by atoms with Crippen LogP contribution < -0.4 is 31.3 Å². The van der Waals surface area contributed by atoms with Crippen LogP contribution in [0.5, 0.6) is 5.75 Å². The van der Waals surface area contributed by atoms with Crippen LogP contribution in [0.2, 0.25) is 10.0 Å². The van der Waals surface area contributed by atoms with E-state index in [0.717, 1.165) is 16.7 Å². The summed E-state index contributed by atoms with van der Waals surface area (Å²) in [5.74, 6) is -0.105. The van der Waals surface area contributed by atoms with Crippen LogP contribution in [-0.4, -0.2) is 55.8 Å². The number of carbonyl (C=O) groups is 4. The number of carbonyl (C=O) groups excluding carboxylic acids is 3. The fraction of sp³-hybridized carbons (Fsp3) is 0.106. The number of carboxylic acid groups (broad SMARTS) is 1. The van der Waals surface area contributed by atoms with Gasteiger partial charge in [0.2, 0.25) is 23.7 Å². The molecule has 64 heavy (non-hydrogen) atoms. The molecule has 0 spiro atoms. The molecule has 5 aromatic carbocycles. The van der Waals surface area contributed by atoms with Gasteiger partial charge in [0.1, 0.15) is 5.75 Å². The Labute approximate surface area is 378 Å². The van der Waals surface area contributed by atoms with Gasteiger partial charge in [-0.15, -0.1) is 0 Å². The van der Waals surface area contributed by atoms with Crippen molar-refractivity contribution >= 4 is 87.2 Å². The fourth-order valence-electron chi connectivity index (χ4n) is 6.58. The van der Waals surface area contributed by atoms with Gasteiger partial charge < -0.3 is 36.4 Å². The first-order valence-corrected chi connectivity index (χ1v) is 19.6. The third kappa shape index (κ3) is 10.6. The fourth-order valence-corrected chi connectivity index (χ4v) is 6.93. The lowest BCUT2D eigenvalue weighted by Crippen LogP contribution is -2.12. The molecule has 17 heteroatoms. The quantitative estimate of drug-likeness (QED) is 0.0842. The minimum atomic E-state index is -0.990. The first-order chi connectivity index (χ1) is 30.0. The number of hydrogen-bond donors (Lipinski definition) is 6. The van der Waals surface area contributed by atoms with Gasteiger partial charge in [0.15, 0.2) is 0 Å². The van der Waals surface area contributed by atoms with Crippen molar-refractivity contribution in [2.24, 2.45) is 0 Å². The number of fused-ring (bicyclic) bond motifs is 6. The van der Waals surface area contributed by atoms with E-state index in [1.807, 2.05) is 6.07 Å². The lowest BCUT2D eigenvalue weighted by molar-refractivity contribution is -0.116. The summed E-state index contributed by atoms with van der Waals surface area (Å²) in [5, 5.41) is 24.8. The van der Waals surface area contributed by atoms with Crippen LogP contribution in [0.25, 0.3) is 22.5 Å². The number of halogens is 2. The highest BCUT2D eigenvalue weighted by atomic mass is 35.5. The van der Waals surface area contributed by atoms with Crippen molar-refractivity contribution in [3.8, 4) is 28.3 Å². The summed E-state index contributed by atoms with van der Waals surface area (Å²) in [6, 6.07) is 30.9. The van der Waals surface area contributed by atoms with Gasteiger partial charge in [-0.25, -0.2) is 24.7 Å². The van der Waals surface area contributed by atoms with Gasteiger partial charge in [-0.05, 0) is 109 Å². The van der Waals surface area contributed by atoms with Crippen molar-refractivity contribution < 1.29 is 29.0 Å². The maximum Gasteiger partial charge on any atom is 0.335 e. The first kappa shape index (κ1) is 45.6. The normalized spacial score (nSPS) is 11.8. The van der Waals surface area contributed by atoms with E-state index >= 15 is 0 Å². The number of methoxy groups -OCH3 is 1. The van der Waals surface area contributed by atoms with Gasteiger partial charge in [0, 0.05) is 67.3 Å². The Morgan fingerprint density at radius 1 is 0.625 bits per heavy atom. The molecule has 0 unspecified atom stereocenters. The van der Waals surface area contributed by atoms with Crippen LogP contribution in [0.15, 0.2) is 122 Å². The Kier molecular flexibility index (Phi) is 14.2. The molecule has 0 bridgehead atoms. The number of nitrogens with one attached hydrogen (secondary N) is 5. The zero-order chi connectivity index (χ0) is 43.3. The number of aromatic nitrogens is 4. The van der Waals surface area contributed by atoms with Crippen LogP contribution in [0.1, 0.15) is 46.7 Å². The van der Waals surface area contributed by atoms with Crippen molar-refractivity contribution in [2.75, 3.05) is 33.7 Å². The van der Waals surface area contributed by atoms with Gasteiger partial charge in [-0.1, -0.05) is 38.1 Å². The maximum atomic E-state index is 12.6. The zero-order valence-corrected chi connectivity index (χ0v) is 34.0. The third-order valence-corrected chi connectivity index (χ3v) is 10.1. The highest BCUT2D eigenvalue weighted by Crippen LogP contribution is 2.36. The molecule has 3 amide bonds. The molecule has 0 saturated heterocycles. The SMILES string of the molecule is C.C.COc1ccc(NC(=O)c2ccc(Nc3ncc4c(n3)-c3ccc(Cl)cc3NC(=O)C4)cc2)cc1.O=C1Cc2cnc(Nc3ccc(C(=O)O)cc3)nc2-c2ccc(Cl)cc2N1. The van der Waals surface area contributed by atoms with E-state index in [1.165, 1.54) is 12.1 Å². The minimum Gasteiger partial charge on any atom is -0.497 e. The molecule has 2 aliphatic rings. The molecule has 2 aliphatic heterocycles. The van der Waals surface area contributed by atoms with Crippen molar-refractivity contribution in [3.63, 3.8) is 0 Å². The van der Waals surface area contributed by atoms with Crippen LogP contribution >= 0.6 is 23.2 Å². The van der Waals surface area contributed by atoms with E-state index in [1.54, 1.807) is 110 Å². The average molecular weight is 899 g/mol. The number of amides is 3. The molecule has 0 atom stereocenters. The molecule has 4 heterocycles. The number of aromatic carboxylic acids is 1. The van der Waals surface area contributed by atoms with Crippen molar-refractivity contribution in [3.05, 3.63) is 154 Å². The van der Waals surface area contributed by atoms with Crippen molar-refractivity contribution in [1.82, 2.24) is 19.9 Å². The van der Waals surface area contributed by atoms with E-state index in [4.69, 9.17) is 33.0 Å². The van der Waals surface area contributed by atoms with Gasteiger partial charge in [-0.2, -0.15) is 0 Å². The zero-order valence-electron chi connectivity index (χ0n) is 32.5. The molecule has 0 fully saturated rings. The van der Waals surface area contributed by atoms with Crippen LogP contribution in [0.4, 0.5) is 40.3 Å². The van der Waals surface area contributed by atoms with E-state index < -0.39 is 5.97 Å². The molecule has 0 aliphatic carbocycles. The topological polar surface area (TPSA) is 209 Å². The number of hydrogen-bond acceptors (Lipinski definition) is 11. The lowest BCUT2D eigenvalue weighted by Gasteiger charge is -2.11. The van der Waals surface area contributed by atoms with Crippen molar-refractivity contribution in [2.45, 2.75) is 27.7 Å². The summed E-state index contributed by atoms with van der Waals surface area (Å²) in [5.41, 5.74) is 8.19. The Bertz CT molecular complexity index is 2880. The Hall–Kier alpha value is -7.88. The predicted molar refractivity (Wildman–Crippen MR) is 250 cm³/mol. The third-order valence-electron chi connectivity index (χ3n) is 9.59. The summed E-state index contributed by atoms with van der Waals surface area (Å²) >= 11 is 12.1. The van der Waals surface area contributed by atoms with Gasteiger partial charge in [-0.3, -0.25) is 14.4 Å². The molecule has 0 radical (unpaired) electrons. The number of benzene rings is 5. The number of anilines is 7. The largest absolute Gasteiger partial charge is 0.497 e. The highest BCUT2D eigenvalue weighted by Gasteiger charge is 2.23. The monoisotopic (exact) mass is 897 g/mol. The number of rotatable bonds is 8. The van der Waals surface area contributed by atoms with Crippen LogP contribution in [-0.2, 0) is 22.4 Å². The van der Waals surface area contributed by atoms with Crippen LogP contribution in [0, 0.1) is 0 Å². The van der Waals surface area contributed by atoms with E-state index in [-0.39, 0.29) is 51.0 Å². The van der Waals surface area contributed by atoms with Gasteiger partial charge in [0.05, 0.1) is 48.3 Å². The molecule has 0 saturated carbocycles. The summed E-state index contributed by atoms with van der Waals surface area (Å²) in [6.45, 7) is 0. The average Bonchev–Trinajstić information content (AvgIpc) is 3.49. The van der Waals surface area contributed by atoms with Gasteiger partial charge in [0.25, 0.3) is 5.91 Å². The highest BCUT2D eigenvalue weighted by molar-refractivity contribution is 6.31. The van der Waals surface area contributed by atoms with Crippen LogP contribution in [0.3, 0.4) is 0 Å². The first-order valence-electron chi connectivity index (χ1n) is 18.8. The second-order valence-electron chi connectivity index (χ2n) is 13.9.